The number of aromatic nitrogens is 2. The molecule has 0 N–H and O–H groups in total. The van der Waals surface area contributed by atoms with Crippen molar-refractivity contribution in [2.75, 3.05) is 27.2 Å². The normalized spacial score (nSPS) is 25.6. The first-order valence-corrected chi connectivity index (χ1v) is 10.0. The largest absolute Gasteiger partial charge is 0.350 e. The molecule has 4 heteroatoms. The maximum atomic E-state index is 4.62. The number of rotatable bonds is 3. The van der Waals surface area contributed by atoms with E-state index in [-0.39, 0.29) is 0 Å². The second-order valence-corrected chi connectivity index (χ2v) is 8.40. The van der Waals surface area contributed by atoms with Crippen molar-refractivity contribution in [3.63, 3.8) is 0 Å². The Labute approximate surface area is 161 Å². The van der Waals surface area contributed by atoms with Gasteiger partial charge in [-0.15, -0.1) is 0 Å². The predicted octanol–water partition coefficient (Wildman–Crippen LogP) is 3.59. The highest BCUT2D eigenvalue weighted by atomic mass is 15.3. The van der Waals surface area contributed by atoms with Gasteiger partial charge < -0.3 is 9.47 Å². The first kappa shape index (κ1) is 17.0. The van der Waals surface area contributed by atoms with Crippen LogP contribution in [0.25, 0.3) is 10.9 Å². The minimum Gasteiger partial charge on any atom is -0.350 e. The summed E-state index contributed by atoms with van der Waals surface area (Å²) in [6.45, 7) is 2.25. The molecule has 3 aromatic rings. The maximum absolute atomic E-state index is 4.62. The number of nitrogens with zero attached hydrogens (tertiary/aromatic N) is 4. The fourth-order valence-corrected chi connectivity index (χ4v) is 5.34. The monoisotopic (exact) mass is 360 g/mol. The van der Waals surface area contributed by atoms with Crippen LogP contribution in [0.15, 0.2) is 48.8 Å². The summed E-state index contributed by atoms with van der Waals surface area (Å²) in [4.78, 5) is 9.75. The van der Waals surface area contributed by atoms with Crippen LogP contribution >= 0.6 is 0 Å². The lowest BCUT2D eigenvalue weighted by Crippen LogP contribution is -2.35. The van der Waals surface area contributed by atoms with Crippen molar-refractivity contribution in [1.82, 2.24) is 19.4 Å². The third kappa shape index (κ3) is 2.70. The minimum atomic E-state index is 0.524. The number of benzene rings is 1. The van der Waals surface area contributed by atoms with Crippen LogP contribution in [-0.2, 0) is 13.5 Å². The van der Waals surface area contributed by atoms with Crippen LogP contribution in [0.1, 0.15) is 35.2 Å². The molecule has 0 radical (unpaired) electrons. The van der Waals surface area contributed by atoms with Gasteiger partial charge in [0.25, 0.3) is 0 Å². The summed E-state index contributed by atoms with van der Waals surface area (Å²) in [5, 5.41) is 1.41. The number of hydrogen-bond acceptors (Lipinski definition) is 3. The molecule has 0 amide bonds. The highest BCUT2D eigenvalue weighted by Gasteiger charge is 2.41. The van der Waals surface area contributed by atoms with Gasteiger partial charge in [-0.3, -0.25) is 9.88 Å². The van der Waals surface area contributed by atoms with Gasteiger partial charge in [-0.2, -0.15) is 0 Å². The van der Waals surface area contributed by atoms with E-state index in [1.54, 1.807) is 0 Å². The van der Waals surface area contributed by atoms with Gasteiger partial charge in [0.15, 0.2) is 0 Å². The van der Waals surface area contributed by atoms with Crippen LogP contribution in [-0.4, -0.2) is 52.6 Å². The number of hydrogen-bond donors (Lipinski definition) is 0. The number of para-hydroxylation sites is 1. The zero-order valence-electron chi connectivity index (χ0n) is 16.5. The molecule has 0 saturated carbocycles. The van der Waals surface area contributed by atoms with Gasteiger partial charge >= 0.3 is 0 Å². The lowest BCUT2D eigenvalue weighted by atomic mass is 9.93. The molecule has 0 unspecified atom stereocenters. The van der Waals surface area contributed by atoms with Crippen molar-refractivity contribution in [1.29, 1.82) is 0 Å². The SMILES string of the molecule is CN(C)[C@H]1CN([C@H]2CCc3ncccc32)C[C@@H]1c1cn(C)c2ccccc12. The molecule has 4 nitrogen and oxygen atoms in total. The first-order valence-electron chi connectivity index (χ1n) is 10.0. The molecule has 3 heterocycles. The molecule has 0 bridgehead atoms. The van der Waals surface area contributed by atoms with Gasteiger partial charge in [0, 0.05) is 67.1 Å². The van der Waals surface area contributed by atoms with Crippen LogP contribution in [0, 0.1) is 0 Å². The van der Waals surface area contributed by atoms with E-state index in [0.29, 0.717) is 18.0 Å². The van der Waals surface area contributed by atoms with Gasteiger partial charge in [-0.1, -0.05) is 24.3 Å². The molecule has 0 spiro atoms. The Balaban J connectivity index is 1.51. The van der Waals surface area contributed by atoms with Crippen molar-refractivity contribution in [3.8, 4) is 0 Å². The fraction of sp³-hybridized carbons (Fsp3) is 0.435. The van der Waals surface area contributed by atoms with E-state index in [1.807, 2.05) is 6.20 Å². The van der Waals surface area contributed by atoms with Gasteiger partial charge in [0.2, 0.25) is 0 Å². The molecule has 1 aliphatic carbocycles. The van der Waals surface area contributed by atoms with Crippen molar-refractivity contribution in [2.24, 2.45) is 7.05 Å². The van der Waals surface area contributed by atoms with E-state index >= 15 is 0 Å². The Morgan fingerprint density at radius 2 is 1.89 bits per heavy atom. The molecule has 1 aromatic carbocycles. The van der Waals surface area contributed by atoms with Crippen molar-refractivity contribution in [2.45, 2.75) is 30.8 Å². The average molecular weight is 361 g/mol. The molecular formula is C23H28N4. The Morgan fingerprint density at radius 1 is 1.04 bits per heavy atom. The topological polar surface area (TPSA) is 24.3 Å². The zero-order chi connectivity index (χ0) is 18.5. The summed E-state index contributed by atoms with van der Waals surface area (Å²) >= 11 is 0. The van der Waals surface area contributed by atoms with Crippen LogP contribution in [0.5, 0.6) is 0 Å². The Morgan fingerprint density at radius 3 is 2.74 bits per heavy atom. The van der Waals surface area contributed by atoms with Gasteiger partial charge in [-0.25, -0.2) is 0 Å². The minimum absolute atomic E-state index is 0.524. The highest BCUT2D eigenvalue weighted by Crippen LogP contribution is 2.42. The number of pyridine rings is 1. The predicted molar refractivity (Wildman–Crippen MR) is 110 cm³/mol. The summed E-state index contributed by atoms with van der Waals surface area (Å²) in [6.07, 6.45) is 6.61. The third-order valence-electron chi connectivity index (χ3n) is 6.69. The molecule has 1 fully saturated rings. The van der Waals surface area contributed by atoms with E-state index in [2.05, 4.69) is 83.1 Å². The Hall–Kier alpha value is -2.17. The lowest BCUT2D eigenvalue weighted by molar-refractivity contribution is 0.216. The smallest absolute Gasteiger partial charge is 0.0480 e. The number of likely N-dealkylation sites (N-methyl/N-ethyl adjacent to an activating group) is 1. The van der Waals surface area contributed by atoms with E-state index in [9.17, 15) is 0 Å². The van der Waals surface area contributed by atoms with Gasteiger partial charge in [0.05, 0.1) is 0 Å². The molecule has 1 saturated heterocycles. The summed E-state index contributed by atoms with van der Waals surface area (Å²) in [7, 11) is 6.63. The van der Waals surface area contributed by atoms with Gasteiger partial charge in [0.1, 0.15) is 0 Å². The molecule has 5 rings (SSSR count). The van der Waals surface area contributed by atoms with Crippen LogP contribution in [0.2, 0.25) is 0 Å². The molecule has 2 aliphatic rings. The number of aryl methyl sites for hydroxylation is 2. The quantitative estimate of drug-likeness (QED) is 0.713. The van der Waals surface area contributed by atoms with Crippen molar-refractivity contribution in [3.05, 3.63) is 65.6 Å². The maximum Gasteiger partial charge on any atom is 0.0480 e. The number of fused-ring (bicyclic) bond motifs is 2. The molecular weight excluding hydrogens is 332 g/mol. The Kier molecular flexibility index (Phi) is 4.06. The molecule has 2 aromatic heterocycles. The molecule has 1 aliphatic heterocycles. The van der Waals surface area contributed by atoms with Crippen LogP contribution < -0.4 is 0 Å². The lowest BCUT2D eigenvalue weighted by Gasteiger charge is -2.26. The van der Waals surface area contributed by atoms with Crippen molar-refractivity contribution < 1.29 is 0 Å². The van der Waals surface area contributed by atoms with Crippen molar-refractivity contribution >= 4 is 10.9 Å². The fourth-order valence-electron chi connectivity index (χ4n) is 5.34. The second-order valence-electron chi connectivity index (χ2n) is 8.40. The molecule has 27 heavy (non-hydrogen) atoms. The summed E-state index contributed by atoms with van der Waals surface area (Å²) < 4.78 is 2.29. The van der Waals surface area contributed by atoms with E-state index in [4.69, 9.17) is 0 Å². The Bertz CT molecular complexity index is 973. The number of likely N-dealkylation sites (tertiary alicyclic amines) is 1. The molecule has 140 valence electrons. The van der Waals surface area contributed by atoms with Gasteiger partial charge in [-0.05, 0) is 50.2 Å². The highest BCUT2D eigenvalue weighted by molar-refractivity contribution is 5.84. The van der Waals surface area contributed by atoms with E-state index in [0.717, 1.165) is 19.5 Å². The standard InChI is InChI=1S/C23H28N4/c1-25(2)23-15-27(22-11-10-20-17(22)8-6-12-24-20)14-19(23)18-13-26(3)21-9-5-4-7-16(18)21/h4-9,12-13,19,22-23H,10-11,14-15H2,1-3H3/t19-,22+,23+/m1/s1. The third-order valence-corrected chi connectivity index (χ3v) is 6.69. The van der Waals surface area contributed by atoms with E-state index in [1.165, 1.54) is 34.1 Å². The van der Waals surface area contributed by atoms with E-state index < -0.39 is 0 Å². The molecule has 3 atom stereocenters. The summed E-state index contributed by atoms with van der Waals surface area (Å²) in [5.74, 6) is 0.534. The first-order chi connectivity index (χ1) is 13.1. The zero-order valence-corrected chi connectivity index (χ0v) is 16.5. The van der Waals surface area contributed by atoms with Crippen LogP contribution in [0.4, 0.5) is 0 Å². The summed E-state index contributed by atoms with van der Waals surface area (Å²) in [6, 6.07) is 14.3. The summed E-state index contributed by atoms with van der Waals surface area (Å²) in [5.41, 5.74) is 5.59. The average Bonchev–Trinajstić information content (AvgIpc) is 3.37. The van der Waals surface area contributed by atoms with Crippen LogP contribution in [0.3, 0.4) is 0 Å². The second kappa shape index (κ2) is 6.47.